The van der Waals surface area contributed by atoms with Crippen LogP contribution in [0.3, 0.4) is 0 Å². The first kappa shape index (κ1) is 28.4. The standard InChI is InChI=1S/C9H23NOSi.C8H21NO4Si/c1-5-6-7-11-12(3,4)9(2)8-10;1-10-14(11-2,12-3)8-4-6-13-7-5-9/h9H,5-8,10H2,1-4H3;4-9H2,1-3H3. The summed E-state index contributed by atoms with van der Waals surface area (Å²) in [6, 6.07) is 0.765. The van der Waals surface area contributed by atoms with Crippen LogP contribution in [0.25, 0.3) is 0 Å². The Morgan fingerprint density at radius 1 is 0.885 bits per heavy atom. The Balaban J connectivity index is 0. The average Bonchev–Trinajstić information content (AvgIpc) is 2.65. The molecule has 0 saturated carbocycles. The highest BCUT2D eigenvalue weighted by Crippen LogP contribution is 2.21. The van der Waals surface area contributed by atoms with Crippen LogP contribution in [0.5, 0.6) is 0 Å². The van der Waals surface area contributed by atoms with Gasteiger partial charge in [-0.15, -0.1) is 0 Å². The van der Waals surface area contributed by atoms with Crippen LogP contribution < -0.4 is 11.5 Å². The van der Waals surface area contributed by atoms with Crippen molar-refractivity contribution in [2.45, 2.75) is 57.8 Å². The van der Waals surface area contributed by atoms with Crippen LogP contribution in [0.1, 0.15) is 33.1 Å². The third-order valence-electron chi connectivity index (χ3n) is 4.48. The van der Waals surface area contributed by atoms with Gasteiger partial charge >= 0.3 is 8.80 Å². The molecule has 160 valence electrons. The first-order valence-electron chi connectivity index (χ1n) is 9.56. The van der Waals surface area contributed by atoms with E-state index in [1.54, 1.807) is 21.3 Å². The van der Waals surface area contributed by atoms with E-state index in [0.717, 1.165) is 25.6 Å². The van der Waals surface area contributed by atoms with Gasteiger partial charge in [-0.3, -0.25) is 0 Å². The van der Waals surface area contributed by atoms with Crippen LogP contribution in [-0.2, 0) is 22.4 Å². The zero-order chi connectivity index (χ0) is 20.5. The molecule has 0 fully saturated rings. The molecule has 0 aromatic heterocycles. The molecule has 0 aromatic rings. The van der Waals surface area contributed by atoms with E-state index in [4.69, 9.17) is 33.9 Å². The van der Waals surface area contributed by atoms with Crippen molar-refractivity contribution in [3.63, 3.8) is 0 Å². The minimum Gasteiger partial charge on any atom is -0.417 e. The highest BCUT2D eigenvalue weighted by molar-refractivity contribution is 6.72. The summed E-state index contributed by atoms with van der Waals surface area (Å²) in [5.41, 5.74) is 11.5. The Hall–Kier alpha value is 0.154. The second-order valence-electron chi connectivity index (χ2n) is 6.74. The van der Waals surface area contributed by atoms with Crippen LogP contribution in [0.4, 0.5) is 0 Å². The summed E-state index contributed by atoms with van der Waals surface area (Å²) >= 11 is 0. The third-order valence-corrected chi connectivity index (χ3v) is 10.9. The minimum absolute atomic E-state index is 0.557. The molecule has 0 saturated heterocycles. The van der Waals surface area contributed by atoms with E-state index in [1.807, 2.05) is 0 Å². The third kappa shape index (κ3) is 13.3. The van der Waals surface area contributed by atoms with Gasteiger partial charge in [-0.1, -0.05) is 20.3 Å². The van der Waals surface area contributed by atoms with Gasteiger partial charge in [-0.2, -0.15) is 0 Å². The van der Waals surface area contributed by atoms with E-state index in [1.165, 1.54) is 12.8 Å². The molecule has 0 spiro atoms. The van der Waals surface area contributed by atoms with Gasteiger partial charge in [0.1, 0.15) is 0 Å². The van der Waals surface area contributed by atoms with E-state index in [0.29, 0.717) is 25.3 Å². The molecule has 0 bridgehead atoms. The summed E-state index contributed by atoms with van der Waals surface area (Å²) in [7, 11) is 0.975. The number of nitrogens with two attached hydrogens (primary N) is 2. The lowest BCUT2D eigenvalue weighted by atomic mass is 10.4. The number of ether oxygens (including phenoxy) is 1. The smallest absolute Gasteiger partial charge is 0.417 e. The first-order chi connectivity index (χ1) is 12.3. The molecule has 0 rings (SSSR count). The summed E-state index contributed by atoms with van der Waals surface area (Å²) in [5.74, 6) is 0. The molecule has 0 aliphatic carbocycles. The SMILES string of the molecule is CCCCO[Si](C)(C)C(C)CN.CO[Si](CCCOCCN)(OC)OC. The summed E-state index contributed by atoms with van der Waals surface area (Å²) < 4.78 is 26.9. The van der Waals surface area contributed by atoms with Gasteiger partial charge in [-0.25, -0.2) is 0 Å². The molecule has 0 aromatic carbocycles. The minimum atomic E-state index is -2.39. The van der Waals surface area contributed by atoms with Crippen molar-refractivity contribution in [2.24, 2.45) is 11.5 Å². The topological polar surface area (TPSA) is 98.2 Å². The number of rotatable bonds is 15. The van der Waals surface area contributed by atoms with Crippen molar-refractivity contribution >= 4 is 17.1 Å². The maximum atomic E-state index is 5.88. The van der Waals surface area contributed by atoms with Crippen LogP contribution in [-0.4, -0.2) is 71.4 Å². The molecule has 7 nitrogen and oxygen atoms in total. The van der Waals surface area contributed by atoms with Gasteiger partial charge in [0.2, 0.25) is 0 Å². The van der Waals surface area contributed by atoms with Gasteiger partial charge in [0, 0.05) is 47.1 Å². The molecule has 0 aliphatic heterocycles. The zero-order valence-electron chi connectivity index (χ0n) is 18.1. The molecule has 9 heteroatoms. The molecule has 26 heavy (non-hydrogen) atoms. The van der Waals surface area contributed by atoms with E-state index in [-0.39, 0.29) is 0 Å². The lowest BCUT2D eigenvalue weighted by molar-refractivity contribution is 0.109. The van der Waals surface area contributed by atoms with E-state index in [9.17, 15) is 0 Å². The van der Waals surface area contributed by atoms with Crippen LogP contribution in [0, 0.1) is 0 Å². The van der Waals surface area contributed by atoms with Gasteiger partial charge in [-0.05, 0) is 38.0 Å². The summed E-state index contributed by atoms with van der Waals surface area (Å²) in [4.78, 5) is 0. The quantitative estimate of drug-likeness (QED) is 0.315. The van der Waals surface area contributed by atoms with Crippen LogP contribution in [0.15, 0.2) is 0 Å². The van der Waals surface area contributed by atoms with Crippen molar-refractivity contribution in [3.8, 4) is 0 Å². The maximum Gasteiger partial charge on any atom is 0.500 e. The molecular formula is C17H44N2O5Si2. The molecule has 0 aliphatic rings. The first-order valence-corrected chi connectivity index (χ1v) is 14.5. The second kappa shape index (κ2) is 17.3. The van der Waals surface area contributed by atoms with Crippen molar-refractivity contribution in [1.29, 1.82) is 0 Å². The van der Waals surface area contributed by atoms with Crippen molar-refractivity contribution in [3.05, 3.63) is 0 Å². The van der Waals surface area contributed by atoms with Crippen LogP contribution >= 0.6 is 0 Å². The zero-order valence-corrected chi connectivity index (χ0v) is 20.1. The Morgan fingerprint density at radius 3 is 1.88 bits per heavy atom. The van der Waals surface area contributed by atoms with E-state index in [2.05, 4.69) is 26.9 Å². The summed E-state index contributed by atoms with van der Waals surface area (Å²) in [6.07, 6.45) is 3.25. The normalized spacial score (nSPS) is 13.3. The fourth-order valence-corrected chi connectivity index (χ4v) is 5.25. The Labute approximate surface area is 163 Å². The Bertz CT molecular complexity index is 301. The van der Waals surface area contributed by atoms with Gasteiger partial charge in [0.05, 0.1) is 6.61 Å². The monoisotopic (exact) mass is 412 g/mol. The predicted octanol–water partition coefficient (Wildman–Crippen LogP) is 2.59. The van der Waals surface area contributed by atoms with E-state index < -0.39 is 17.1 Å². The van der Waals surface area contributed by atoms with Crippen molar-refractivity contribution in [1.82, 2.24) is 0 Å². The highest BCUT2D eigenvalue weighted by atomic mass is 28.4. The molecule has 0 heterocycles. The van der Waals surface area contributed by atoms with E-state index >= 15 is 0 Å². The fraction of sp³-hybridized carbons (Fsp3) is 1.00. The lowest BCUT2D eigenvalue weighted by Gasteiger charge is -2.28. The van der Waals surface area contributed by atoms with Gasteiger partial charge < -0.3 is 33.9 Å². The average molecular weight is 413 g/mol. The second-order valence-corrected chi connectivity index (χ2v) is 14.3. The molecule has 4 N–H and O–H groups in total. The lowest BCUT2D eigenvalue weighted by Crippen LogP contribution is -2.42. The predicted molar refractivity (Wildman–Crippen MR) is 113 cm³/mol. The maximum absolute atomic E-state index is 5.88. The molecule has 1 atom stereocenters. The van der Waals surface area contributed by atoms with Gasteiger partial charge in [0.15, 0.2) is 8.32 Å². The number of unbranched alkanes of at least 4 members (excludes halogenated alkanes) is 1. The summed E-state index contributed by atoms with van der Waals surface area (Å²) in [6.45, 7) is 12.4. The molecule has 1 unspecified atom stereocenters. The van der Waals surface area contributed by atoms with Crippen LogP contribution in [0.2, 0.25) is 24.7 Å². The Kier molecular flexibility index (Phi) is 18.8. The number of hydrogen-bond acceptors (Lipinski definition) is 7. The van der Waals surface area contributed by atoms with Gasteiger partial charge in [0.25, 0.3) is 0 Å². The van der Waals surface area contributed by atoms with Crippen molar-refractivity contribution in [2.75, 3.05) is 54.2 Å². The molecule has 0 amide bonds. The largest absolute Gasteiger partial charge is 0.500 e. The number of hydrogen-bond donors (Lipinski definition) is 2. The Morgan fingerprint density at radius 2 is 1.46 bits per heavy atom. The van der Waals surface area contributed by atoms with Crippen molar-refractivity contribution < 1.29 is 22.4 Å². The molecular weight excluding hydrogens is 368 g/mol. The fourth-order valence-electron chi connectivity index (χ4n) is 2.04. The molecule has 0 radical (unpaired) electrons. The highest BCUT2D eigenvalue weighted by Gasteiger charge is 2.36. The summed E-state index contributed by atoms with van der Waals surface area (Å²) in [5, 5.41) is 0.